The normalized spacial score (nSPS) is 13.5. The van der Waals surface area contributed by atoms with E-state index in [2.05, 4.69) is 10.3 Å². The Hall–Kier alpha value is -2.41. The topological polar surface area (TPSA) is 71.5 Å². The molecule has 22 heavy (non-hydrogen) atoms. The third-order valence-electron chi connectivity index (χ3n) is 3.20. The SMILES string of the molecule is Cc1ccc2c(c1)N(CC(=O)Nc1nc(C)cs1)CC(=O)O2. The molecule has 2 heterocycles. The first kappa shape index (κ1) is 14.5. The Morgan fingerprint density at radius 3 is 3.00 bits per heavy atom. The van der Waals surface area contributed by atoms with E-state index in [1.54, 1.807) is 11.0 Å². The van der Waals surface area contributed by atoms with Gasteiger partial charge in [-0.25, -0.2) is 9.78 Å². The van der Waals surface area contributed by atoms with Crippen molar-refractivity contribution in [1.29, 1.82) is 0 Å². The minimum Gasteiger partial charge on any atom is -0.423 e. The van der Waals surface area contributed by atoms with Gasteiger partial charge in [0.15, 0.2) is 10.9 Å². The molecule has 0 atom stereocenters. The second-order valence-corrected chi connectivity index (χ2v) is 6.00. The first-order valence-electron chi connectivity index (χ1n) is 6.79. The Morgan fingerprint density at radius 1 is 1.45 bits per heavy atom. The van der Waals surface area contributed by atoms with Gasteiger partial charge in [-0.05, 0) is 31.5 Å². The minimum absolute atomic E-state index is 0.0563. The molecule has 1 aromatic heterocycles. The molecule has 0 fully saturated rings. The molecule has 2 aromatic rings. The highest BCUT2D eigenvalue weighted by Gasteiger charge is 2.25. The van der Waals surface area contributed by atoms with Crippen LogP contribution < -0.4 is 15.0 Å². The number of carbonyl (C=O) groups excluding carboxylic acids is 2. The second kappa shape index (κ2) is 5.76. The number of rotatable bonds is 3. The van der Waals surface area contributed by atoms with E-state index in [0.717, 1.165) is 16.9 Å². The lowest BCUT2D eigenvalue weighted by Gasteiger charge is -2.29. The number of benzene rings is 1. The molecule has 1 aliphatic heterocycles. The number of nitrogens with zero attached hydrogens (tertiary/aromatic N) is 2. The molecular weight excluding hydrogens is 302 g/mol. The molecular formula is C15H15N3O3S. The molecule has 1 aromatic carbocycles. The molecule has 1 aliphatic rings. The van der Waals surface area contributed by atoms with Crippen molar-refractivity contribution in [3.05, 3.63) is 34.8 Å². The van der Waals surface area contributed by atoms with Crippen LogP contribution in [0.25, 0.3) is 0 Å². The van der Waals surface area contributed by atoms with Crippen molar-refractivity contribution in [3.63, 3.8) is 0 Å². The zero-order chi connectivity index (χ0) is 15.7. The van der Waals surface area contributed by atoms with Crippen LogP contribution in [-0.2, 0) is 9.59 Å². The van der Waals surface area contributed by atoms with Gasteiger partial charge in [0.25, 0.3) is 0 Å². The number of amides is 1. The lowest BCUT2D eigenvalue weighted by Crippen LogP contribution is -2.41. The fourth-order valence-electron chi connectivity index (χ4n) is 2.24. The summed E-state index contributed by atoms with van der Waals surface area (Å²) in [5, 5.41) is 5.17. The van der Waals surface area contributed by atoms with E-state index in [-0.39, 0.29) is 25.0 Å². The number of fused-ring (bicyclic) bond motifs is 1. The summed E-state index contributed by atoms with van der Waals surface area (Å²) >= 11 is 1.38. The molecule has 0 spiro atoms. The lowest BCUT2D eigenvalue weighted by molar-refractivity contribution is -0.133. The van der Waals surface area contributed by atoms with Crippen molar-refractivity contribution in [2.45, 2.75) is 13.8 Å². The molecule has 1 amide bonds. The molecule has 0 saturated heterocycles. The molecule has 1 N–H and O–H groups in total. The molecule has 114 valence electrons. The maximum absolute atomic E-state index is 12.2. The first-order valence-corrected chi connectivity index (χ1v) is 7.67. The van der Waals surface area contributed by atoms with Gasteiger partial charge >= 0.3 is 5.97 Å². The molecule has 6 nitrogen and oxygen atoms in total. The lowest BCUT2D eigenvalue weighted by atomic mass is 10.1. The highest BCUT2D eigenvalue weighted by molar-refractivity contribution is 7.13. The highest BCUT2D eigenvalue weighted by atomic mass is 32.1. The van der Waals surface area contributed by atoms with Gasteiger partial charge in [0.1, 0.15) is 6.54 Å². The van der Waals surface area contributed by atoms with Crippen molar-refractivity contribution in [2.75, 3.05) is 23.3 Å². The summed E-state index contributed by atoms with van der Waals surface area (Å²) in [7, 11) is 0. The summed E-state index contributed by atoms with van der Waals surface area (Å²) in [5.41, 5.74) is 2.66. The van der Waals surface area contributed by atoms with E-state index >= 15 is 0 Å². The number of carbonyl (C=O) groups is 2. The predicted octanol–water partition coefficient (Wildman–Crippen LogP) is 2.12. The summed E-state index contributed by atoms with van der Waals surface area (Å²) in [5.74, 6) is -0.0921. The average molecular weight is 317 g/mol. The molecule has 3 rings (SSSR count). The van der Waals surface area contributed by atoms with Gasteiger partial charge in [-0.1, -0.05) is 6.07 Å². The quantitative estimate of drug-likeness (QED) is 0.693. The number of anilines is 2. The van der Waals surface area contributed by atoms with Crippen LogP contribution in [0, 0.1) is 13.8 Å². The second-order valence-electron chi connectivity index (χ2n) is 5.14. The van der Waals surface area contributed by atoms with Gasteiger partial charge in [0.2, 0.25) is 5.91 Å². The number of hydrogen-bond donors (Lipinski definition) is 1. The summed E-state index contributed by atoms with van der Waals surface area (Å²) < 4.78 is 5.20. The van der Waals surface area contributed by atoms with Crippen LogP contribution in [-0.4, -0.2) is 29.9 Å². The van der Waals surface area contributed by atoms with Crippen molar-refractivity contribution < 1.29 is 14.3 Å². The van der Waals surface area contributed by atoms with Crippen molar-refractivity contribution in [3.8, 4) is 5.75 Å². The van der Waals surface area contributed by atoms with Gasteiger partial charge in [0.05, 0.1) is 17.9 Å². The minimum atomic E-state index is -0.366. The summed E-state index contributed by atoms with van der Waals surface area (Å²) in [6.07, 6.45) is 0. The molecule has 0 bridgehead atoms. The summed E-state index contributed by atoms with van der Waals surface area (Å²) in [4.78, 5) is 29.7. The highest BCUT2D eigenvalue weighted by Crippen LogP contribution is 2.32. The molecule has 0 radical (unpaired) electrons. The number of aromatic nitrogens is 1. The Bertz CT molecular complexity index is 741. The maximum atomic E-state index is 12.2. The standard InChI is InChI=1S/C15H15N3O3S/c1-9-3-4-12-11(5-9)18(7-14(20)21-12)6-13(19)17-15-16-10(2)8-22-15/h3-5,8H,6-7H2,1-2H3,(H,16,17,19). The molecule has 0 saturated carbocycles. The number of esters is 1. The third-order valence-corrected chi connectivity index (χ3v) is 4.07. The average Bonchev–Trinajstić information content (AvgIpc) is 2.84. The Labute approximate surface area is 131 Å². The predicted molar refractivity (Wildman–Crippen MR) is 84.5 cm³/mol. The van der Waals surface area contributed by atoms with Crippen LogP contribution in [0.2, 0.25) is 0 Å². The van der Waals surface area contributed by atoms with Crippen molar-refractivity contribution in [1.82, 2.24) is 4.98 Å². The van der Waals surface area contributed by atoms with Crippen LogP contribution in [0.3, 0.4) is 0 Å². The molecule has 7 heteroatoms. The van der Waals surface area contributed by atoms with E-state index < -0.39 is 0 Å². The Balaban J connectivity index is 1.76. The van der Waals surface area contributed by atoms with Crippen LogP contribution in [0.15, 0.2) is 23.6 Å². The summed E-state index contributed by atoms with van der Waals surface area (Å²) in [6.45, 7) is 3.95. The fraction of sp³-hybridized carbons (Fsp3) is 0.267. The first-order chi connectivity index (χ1) is 10.5. The van der Waals surface area contributed by atoms with E-state index in [1.807, 2.05) is 31.4 Å². The van der Waals surface area contributed by atoms with Gasteiger partial charge < -0.3 is 15.0 Å². The van der Waals surface area contributed by atoms with Crippen LogP contribution in [0.5, 0.6) is 5.75 Å². The zero-order valence-corrected chi connectivity index (χ0v) is 13.1. The van der Waals surface area contributed by atoms with E-state index in [0.29, 0.717) is 10.9 Å². The van der Waals surface area contributed by atoms with Gasteiger partial charge in [0, 0.05) is 5.38 Å². The van der Waals surface area contributed by atoms with Crippen molar-refractivity contribution >= 4 is 34.0 Å². The van der Waals surface area contributed by atoms with E-state index in [1.165, 1.54) is 11.3 Å². The van der Waals surface area contributed by atoms with Crippen LogP contribution in [0.1, 0.15) is 11.3 Å². The van der Waals surface area contributed by atoms with Gasteiger partial charge in [-0.3, -0.25) is 4.79 Å². The summed E-state index contributed by atoms with van der Waals surface area (Å²) in [6, 6.07) is 5.52. The fourth-order valence-corrected chi connectivity index (χ4v) is 2.95. The van der Waals surface area contributed by atoms with Crippen molar-refractivity contribution in [2.24, 2.45) is 0 Å². The van der Waals surface area contributed by atoms with Crippen LogP contribution >= 0.6 is 11.3 Å². The monoisotopic (exact) mass is 317 g/mol. The van der Waals surface area contributed by atoms with Gasteiger partial charge in [-0.15, -0.1) is 11.3 Å². The number of nitrogens with one attached hydrogen (secondary N) is 1. The van der Waals surface area contributed by atoms with Gasteiger partial charge in [-0.2, -0.15) is 0 Å². The third kappa shape index (κ3) is 3.09. The van der Waals surface area contributed by atoms with E-state index in [9.17, 15) is 9.59 Å². The Morgan fingerprint density at radius 2 is 2.27 bits per heavy atom. The zero-order valence-electron chi connectivity index (χ0n) is 12.3. The van der Waals surface area contributed by atoms with Crippen LogP contribution in [0.4, 0.5) is 10.8 Å². The maximum Gasteiger partial charge on any atom is 0.331 e. The molecule has 0 unspecified atom stereocenters. The largest absolute Gasteiger partial charge is 0.423 e. The number of ether oxygens (including phenoxy) is 1. The number of aryl methyl sites for hydroxylation is 2. The Kier molecular flexibility index (Phi) is 3.81. The molecule has 0 aliphatic carbocycles. The number of thiazole rings is 1. The smallest absolute Gasteiger partial charge is 0.331 e. The van der Waals surface area contributed by atoms with E-state index in [4.69, 9.17) is 4.74 Å². The number of hydrogen-bond acceptors (Lipinski definition) is 6.